The first-order chi connectivity index (χ1) is 19.3. The van der Waals surface area contributed by atoms with E-state index in [1.807, 2.05) is 0 Å². The summed E-state index contributed by atoms with van der Waals surface area (Å²) in [5, 5.41) is 5.01. The summed E-state index contributed by atoms with van der Waals surface area (Å²) < 4.78 is 11.2. The van der Waals surface area contributed by atoms with Gasteiger partial charge in [0.05, 0.1) is 27.8 Å². The zero-order valence-electron chi connectivity index (χ0n) is 21.0. The zero-order chi connectivity index (χ0) is 25.5. The van der Waals surface area contributed by atoms with Crippen LogP contribution in [-0.2, 0) is 0 Å². The van der Waals surface area contributed by atoms with Gasteiger partial charge in [-0.15, -0.1) is 0 Å². The van der Waals surface area contributed by atoms with E-state index in [-0.39, 0.29) is 0 Å². The van der Waals surface area contributed by atoms with E-state index >= 15 is 0 Å². The number of ether oxygens (including phenoxy) is 1. The van der Waals surface area contributed by atoms with E-state index in [0.717, 1.165) is 39.5 Å². The van der Waals surface area contributed by atoms with Gasteiger partial charge in [0.2, 0.25) is 0 Å². The summed E-state index contributed by atoms with van der Waals surface area (Å²) in [5.41, 5.74) is 9.30. The number of fused-ring (bicyclic) bond motifs is 8. The zero-order valence-corrected chi connectivity index (χ0v) is 21.0. The van der Waals surface area contributed by atoms with Crippen LogP contribution < -0.4 is 4.74 Å². The maximum absolute atomic E-state index is 6.50. The Balaban J connectivity index is 1.17. The molecule has 0 N–H and O–H groups in total. The summed E-state index contributed by atoms with van der Waals surface area (Å²) in [6.07, 6.45) is 0. The number of para-hydroxylation sites is 4. The molecule has 0 fully saturated rings. The van der Waals surface area contributed by atoms with Crippen molar-refractivity contribution in [3.8, 4) is 34.0 Å². The molecule has 1 aliphatic heterocycles. The first-order valence-corrected chi connectivity index (χ1v) is 13.3. The SMILES string of the molecule is c1ccc2c(c1)c1ccccc1n2-c1ccc(-c2ccc3c(c2)Oc2cccc4c5ccccc5n-3c24)cc1. The monoisotopic (exact) mass is 498 g/mol. The van der Waals surface area contributed by atoms with Gasteiger partial charge in [-0.05, 0) is 59.7 Å². The topological polar surface area (TPSA) is 19.1 Å². The second kappa shape index (κ2) is 7.62. The van der Waals surface area contributed by atoms with Crippen LogP contribution in [0.2, 0.25) is 0 Å². The molecule has 39 heavy (non-hydrogen) atoms. The molecule has 0 saturated carbocycles. The molecule has 3 heteroatoms. The van der Waals surface area contributed by atoms with Crippen LogP contribution in [0.5, 0.6) is 11.5 Å². The normalized spacial score (nSPS) is 12.3. The minimum atomic E-state index is 0.875. The lowest BCUT2D eigenvalue weighted by Crippen LogP contribution is -2.04. The van der Waals surface area contributed by atoms with Crippen LogP contribution in [0.15, 0.2) is 133 Å². The Morgan fingerprint density at radius 1 is 0.410 bits per heavy atom. The second-order valence-corrected chi connectivity index (χ2v) is 10.2. The fourth-order valence-corrected chi connectivity index (χ4v) is 6.40. The number of rotatable bonds is 2. The summed E-state index contributed by atoms with van der Waals surface area (Å²) in [7, 11) is 0. The molecule has 8 aromatic rings. The summed E-state index contributed by atoms with van der Waals surface area (Å²) in [5.74, 6) is 1.77. The van der Waals surface area contributed by atoms with Gasteiger partial charge in [-0.2, -0.15) is 0 Å². The molecule has 1 aliphatic rings. The van der Waals surface area contributed by atoms with Crippen LogP contribution in [0.1, 0.15) is 0 Å². The first kappa shape index (κ1) is 20.7. The van der Waals surface area contributed by atoms with Crippen LogP contribution in [0.4, 0.5) is 0 Å². The van der Waals surface area contributed by atoms with Crippen LogP contribution in [0.3, 0.4) is 0 Å². The highest BCUT2D eigenvalue weighted by Crippen LogP contribution is 2.46. The quantitative estimate of drug-likeness (QED) is 0.232. The third-order valence-electron chi connectivity index (χ3n) is 8.12. The van der Waals surface area contributed by atoms with E-state index < -0.39 is 0 Å². The highest BCUT2D eigenvalue weighted by atomic mass is 16.5. The van der Waals surface area contributed by atoms with E-state index in [2.05, 4.69) is 143 Å². The standard InChI is InChI=1S/C36H22N2O/c1-4-12-30-26(8-1)27-9-2-5-13-31(27)37(30)25-19-16-23(17-20-25)24-18-21-33-35(22-24)39-34-15-7-11-29-28-10-3-6-14-32(28)38(33)36(29)34/h1-22H. The molecule has 3 nitrogen and oxygen atoms in total. The molecule has 182 valence electrons. The molecule has 0 spiro atoms. The van der Waals surface area contributed by atoms with Gasteiger partial charge in [0.15, 0.2) is 11.5 Å². The van der Waals surface area contributed by atoms with Crippen LogP contribution in [0.25, 0.3) is 66.1 Å². The van der Waals surface area contributed by atoms with Crippen molar-refractivity contribution in [1.82, 2.24) is 9.13 Å². The van der Waals surface area contributed by atoms with E-state index in [1.54, 1.807) is 0 Å². The van der Waals surface area contributed by atoms with Gasteiger partial charge < -0.3 is 13.9 Å². The molecule has 0 bridgehead atoms. The lowest BCUT2D eigenvalue weighted by Gasteiger charge is -2.21. The third-order valence-corrected chi connectivity index (χ3v) is 8.12. The lowest BCUT2D eigenvalue weighted by molar-refractivity contribution is 0.476. The summed E-state index contributed by atoms with van der Waals surface area (Å²) in [6, 6.07) is 47.6. The molecule has 9 rings (SSSR count). The minimum Gasteiger partial charge on any atom is -0.453 e. The number of nitrogens with zero attached hydrogens (tertiary/aromatic N) is 2. The molecule has 2 aromatic heterocycles. The van der Waals surface area contributed by atoms with Crippen molar-refractivity contribution >= 4 is 43.6 Å². The summed E-state index contributed by atoms with van der Waals surface area (Å²) >= 11 is 0. The molecule has 0 atom stereocenters. The van der Waals surface area contributed by atoms with E-state index in [0.29, 0.717) is 0 Å². The lowest BCUT2D eigenvalue weighted by atomic mass is 10.0. The van der Waals surface area contributed by atoms with Crippen molar-refractivity contribution in [3.05, 3.63) is 133 Å². The predicted octanol–water partition coefficient (Wildman–Crippen LogP) is 9.65. The second-order valence-electron chi connectivity index (χ2n) is 10.2. The van der Waals surface area contributed by atoms with Gasteiger partial charge in [0.25, 0.3) is 0 Å². The largest absolute Gasteiger partial charge is 0.453 e. The molecule has 0 saturated heterocycles. The molecule has 0 amide bonds. The fraction of sp³-hybridized carbons (Fsp3) is 0. The Kier molecular flexibility index (Phi) is 4.05. The maximum Gasteiger partial charge on any atom is 0.152 e. The number of benzene rings is 6. The Morgan fingerprint density at radius 3 is 1.67 bits per heavy atom. The third kappa shape index (κ3) is 2.82. The van der Waals surface area contributed by atoms with Gasteiger partial charge >= 0.3 is 0 Å². The van der Waals surface area contributed by atoms with Gasteiger partial charge in [-0.3, -0.25) is 0 Å². The average molecular weight is 499 g/mol. The van der Waals surface area contributed by atoms with E-state index in [4.69, 9.17) is 4.74 Å². The van der Waals surface area contributed by atoms with Crippen LogP contribution >= 0.6 is 0 Å². The number of aromatic nitrogens is 2. The highest BCUT2D eigenvalue weighted by Gasteiger charge is 2.23. The van der Waals surface area contributed by atoms with Crippen molar-refractivity contribution in [2.45, 2.75) is 0 Å². The first-order valence-electron chi connectivity index (χ1n) is 13.3. The van der Waals surface area contributed by atoms with Crippen molar-refractivity contribution in [3.63, 3.8) is 0 Å². The Labute approximate surface area is 224 Å². The number of hydrogen-bond acceptors (Lipinski definition) is 1. The van der Waals surface area contributed by atoms with Crippen molar-refractivity contribution in [2.75, 3.05) is 0 Å². The Bertz CT molecular complexity index is 2200. The number of hydrogen-bond donors (Lipinski definition) is 0. The maximum atomic E-state index is 6.50. The van der Waals surface area contributed by atoms with E-state index in [1.165, 1.54) is 38.1 Å². The predicted molar refractivity (Wildman–Crippen MR) is 161 cm³/mol. The molecule has 0 aliphatic carbocycles. The molecule has 0 radical (unpaired) electrons. The molecule has 3 heterocycles. The summed E-state index contributed by atoms with van der Waals surface area (Å²) in [6.45, 7) is 0. The van der Waals surface area contributed by atoms with Gasteiger partial charge in [0.1, 0.15) is 0 Å². The fourth-order valence-electron chi connectivity index (χ4n) is 6.40. The highest BCUT2D eigenvalue weighted by molar-refractivity contribution is 6.12. The average Bonchev–Trinajstić information content (AvgIpc) is 3.52. The molecule has 6 aromatic carbocycles. The smallest absolute Gasteiger partial charge is 0.152 e. The van der Waals surface area contributed by atoms with Crippen molar-refractivity contribution in [2.24, 2.45) is 0 Å². The van der Waals surface area contributed by atoms with Crippen molar-refractivity contribution < 1.29 is 4.74 Å². The van der Waals surface area contributed by atoms with Gasteiger partial charge in [-0.1, -0.05) is 84.9 Å². The molecular formula is C36H22N2O. The Morgan fingerprint density at radius 2 is 0.974 bits per heavy atom. The van der Waals surface area contributed by atoms with Crippen molar-refractivity contribution in [1.29, 1.82) is 0 Å². The van der Waals surface area contributed by atoms with Crippen LogP contribution in [-0.4, -0.2) is 9.13 Å². The Hall–Kier alpha value is -5.28. The minimum absolute atomic E-state index is 0.875. The molecule has 0 unspecified atom stereocenters. The van der Waals surface area contributed by atoms with Crippen LogP contribution in [0, 0.1) is 0 Å². The van der Waals surface area contributed by atoms with E-state index in [9.17, 15) is 0 Å². The van der Waals surface area contributed by atoms with Gasteiger partial charge in [0, 0.05) is 27.2 Å². The summed E-state index contributed by atoms with van der Waals surface area (Å²) in [4.78, 5) is 0. The molecular weight excluding hydrogens is 476 g/mol. The van der Waals surface area contributed by atoms with Gasteiger partial charge in [-0.25, -0.2) is 0 Å².